The standard InChI is InChI=1S/C16H21N3O3S/c1-2-23(20,21)16-5-3-15(4-6-16)19-10-8-18(9-11-19)13-14-7-12-22-17-14/h3-7,12H,2,8-11,13H2,1H3. The maximum Gasteiger partial charge on any atom is 0.178 e. The van der Waals surface area contributed by atoms with Gasteiger partial charge in [-0.05, 0) is 24.3 Å². The molecule has 1 aliphatic rings. The molecule has 0 atom stereocenters. The van der Waals surface area contributed by atoms with Gasteiger partial charge in [0.25, 0.3) is 0 Å². The van der Waals surface area contributed by atoms with Crippen LogP contribution in [0.25, 0.3) is 0 Å². The van der Waals surface area contributed by atoms with Crippen LogP contribution in [0.15, 0.2) is 46.0 Å². The molecule has 0 aliphatic carbocycles. The first-order valence-corrected chi connectivity index (χ1v) is 9.43. The van der Waals surface area contributed by atoms with Crippen LogP contribution in [0.5, 0.6) is 0 Å². The van der Waals surface area contributed by atoms with Crippen LogP contribution in [-0.2, 0) is 16.4 Å². The molecular weight excluding hydrogens is 314 g/mol. The van der Waals surface area contributed by atoms with Gasteiger partial charge in [-0.2, -0.15) is 0 Å². The van der Waals surface area contributed by atoms with Gasteiger partial charge in [0.05, 0.1) is 16.3 Å². The van der Waals surface area contributed by atoms with Crippen molar-refractivity contribution in [3.63, 3.8) is 0 Å². The molecule has 124 valence electrons. The predicted octanol–water partition coefficient (Wildman–Crippen LogP) is 1.79. The Kier molecular flexibility index (Phi) is 4.68. The summed E-state index contributed by atoms with van der Waals surface area (Å²) in [5.74, 6) is 0.132. The highest BCUT2D eigenvalue weighted by Gasteiger charge is 2.19. The molecule has 1 fully saturated rings. The smallest absolute Gasteiger partial charge is 0.178 e. The summed E-state index contributed by atoms with van der Waals surface area (Å²) >= 11 is 0. The molecular formula is C16H21N3O3S. The monoisotopic (exact) mass is 335 g/mol. The van der Waals surface area contributed by atoms with Crippen LogP contribution in [0.2, 0.25) is 0 Å². The summed E-state index contributed by atoms with van der Waals surface area (Å²) in [6.07, 6.45) is 1.59. The number of sulfone groups is 1. The maximum atomic E-state index is 11.8. The van der Waals surface area contributed by atoms with E-state index in [1.807, 2.05) is 18.2 Å². The van der Waals surface area contributed by atoms with Gasteiger partial charge < -0.3 is 9.42 Å². The minimum absolute atomic E-state index is 0.132. The molecule has 1 aromatic heterocycles. The summed E-state index contributed by atoms with van der Waals surface area (Å²) in [7, 11) is -3.13. The number of nitrogens with zero attached hydrogens (tertiary/aromatic N) is 3. The Balaban J connectivity index is 1.59. The van der Waals surface area contributed by atoms with Crippen molar-refractivity contribution in [1.29, 1.82) is 0 Å². The molecule has 23 heavy (non-hydrogen) atoms. The Labute approximate surface area is 136 Å². The van der Waals surface area contributed by atoms with E-state index < -0.39 is 9.84 Å². The van der Waals surface area contributed by atoms with Gasteiger partial charge >= 0.3 is 0 Å². The van der Waals surface area contributed by atoms with E-state index >= 15 is 0 Å². The van der Waals surface area contributed by atoms with Crippen molar-refractivity contribution in [3.05, 3.63) is 42.3 Å². The highest BCUT2D eigenvalue weighted by Crippen LogP contribution is 2.20. The van der Waals surface area contributed by atoms with Gasteiger partial charge in [0.2, 0.25) is 0 Å². The zero-order chi connectivity index (χ0) is 16.3. The molecule has 0 spiro atoms. The Morgan fingerprint density at radius 2 is 1.78 bits per heavy atom. The zero-order valence-corrected chi connectivity index (χ0v) is 14.0. The molecule has 1 aliphatic heterocycles. The predicted molar refractivity (Wildman–Crippen MR) is 88.2 cm³/mol. The number of rotatable bonds is 5. The molecule has 1 aromatic carbocycles. The fourth-order valence-electron chi connectivity index (χ4n) is 2.74. The fraction of sp³-hybridized carbons (Fsp3) is 0.438. The van der Waals surface area contributed by atoms with Gasteiger partial charge in [-0.25, -0.2) is 8.42 Å². The second-order valence-corrected chi connectivity index (χ2v) is 7.93. The fourth-order valence-corrected chi connectivity index (χ4v) is 3.63. The number of aromatic nitrogens is 1. The van der Waals surface area contributed by atoms with Crippen LogP contribution < -0.4 is 4.90 Å². The van der Waals surface area contributed by atoms with Crippen molar-refractivity contribution in [2.45, 2.75) is 18.4 Å². The Hall–Kier alpha value is -1.86. The minimum Gasteiger partial charge on any atom is -0.369 e. The molecule has 0 N–H and O–H groups in total. The molecule has 1 saturated heterocycles. The lowest BCUT2D eigenvalue weighted by Crippen LogP contribution is -2.46. The molecule has 0 unspecified atom stereocenters. The number of piperazine rings is 1. The lowest BCUT2D eigenvalue weighted by molar-refractivity contribution is 0.242. The van der Waals surface area contributed by atoms with E-state index in [1.165, 1.54) is 0 Å². The Bertz CT molecular complexity index is 718. The van der Waals surface area contributed by atoms with Crippen LogP contribution in [0.4, 0.5) is 5.69 Å². The SMILES string of the molecule is CCS(=O)(=O)c1ccc(N2CCN(Cc3ccon3)CC2)cc1. The van der Waals surface area contributed by atoms with Gasteiger partial charge in [-0.15, -0.1) is 0 Å². The van der Waals surface area contributed by atoms with E-state index in [1.54, 1.807) is 25.3 Å². The van der Waals surface area contributed by atoms with Crippen LogP contribution in [-0.4, -0.2) is 50.4 Å². The van der Waals surface area contributed by atoms with E-state index in [9.17, 15) is 8.42 Å². The van der Waals surface area contributed by atoms with E-state index in [0.717, 1.165) is 44.1 Å². The van der Waals surface area contributed by atoms with Crippen molar-refractivity contribution in [2.75, 3.05) is 36.8 Å². The lowest BCUT2D eigenvalue weighted by atomic mass is 10.2. The molecule has 2 heterocycles. The number of hydrogen-bond acceptors (Lipinski definition) is 6. The molecule has 0 saturated carbocycles. The molecule has 6 nitrogen and oxygen atoms in total. The first-order valence-electron chi connectivity index (χ1n) is 7.78. The molecule has 7 heteroatoms. The van der Waals surface area contributed by atoms with Crippen molar-refractivity contribution in [2.24, 2.45) is 0 Å². The summed E-state index contributed by atoms with van der Waals surface area (Å²) in [6, 6.07) is 9.09. The van der Waals surface area contributed by atoms with E-state index in [4.69, 9.17) is 4.52 Å². The van der Waals surface area contributed by atoms with E-state index in [0.29, 0.717) is 4.90 Å². The Morgan fingerprint density at radius 1 is 1.09 bits per heavy atom. The summed E-state index contributed by atoms with van der Waals surface area (Å²) in [6.45, 7) is 6.19. The number of anilines is 1. The van der Waals surface area contributed by atoms with Crippen LogP contribution in [0.1, 0.15) is 12.6 Å². The number of hydrogen-bond donors (Lipinski definition) is 0. The highest BCUT2D eigenvalue weighted by molar-refractivity contribution is 7.91. The first kappa shape index (κ1) is 16.0. The topological polar surface area (TPSA) is 66.7 Å². The minimum atomic E-state index is -3.13. The van der Waals surface area contributed by atoms with E-state index in [-0.39, 0.29) is 5.75 Å². The first-order chi connectivity index (χ1) is 11.1. The molecule has 0 radical (unpaired) electrons. The second kappa shape index (κ2) is 6.72. The average molecular weight is 335 g/mol. The van der Waals surface area contributed by atoms with Crippen molar-refractivity contribution in [1.82, 2.24) is 10.1 Å². The molecule has 3 rings (SSSR count). The quantitative estimate of drug-likeness (QED) is 0.830. The Morgan fingerprint density at radius 3 is 2.35 bits per heavy atom. The molecule has 0 amide bonds. The lowest BCUT2D eigenvalue weighted by Gasteiger charge is -2.35. The normalized spacial score (nSPS) is 16.7. The van der Waals surface area contributed by atoms with Gasteiger partial charge in [0, 0.05) is 44.5 Å². The van der Waals surface area contributed by atoms with Crippen molar-refractivity contribution >= 4 is 15.5 Å². The van der Waals surface area contributed by atoms with Crippen LogP contribution >= 0.6 is 0 Å². The average Bonchev–Trinajstić information content (AvgIpc) is 3.09. The number of benzene rings is 1. The molecule has 0 bridgehead atoms. The van der Waals surface area contributed by atoms with Gasteiger partial charge in [-0.3, -0.25) is 4.90 Å². The second-order valence-electron chi connectivity index (χ2n) is 5.65. The summed E-state index contributed by atoms with van der Waals surface area (Å²) in [5, 5.41) is 3.94. The van der Waals surface area contributed by atoms with Crippen molar-refractivity contribution in [3.8, 4) is 0 Å². The maximum absolute atomic E-state index is 11.8. The third-order valence-electron chi connectivity index (χ3n) is 4.19. The van der Waals surface area contributed by atoms with E-state index in [2.05, 4.69) is 15.0 Å². The third-order valence-corrected chi connectivity index (χ3v) is 5.94. The largest absolute Gasteiger partial charge is 0.369 e. The van der Waals surface area contributed by atoms with Crippen LogP contribution in [0.3, 0.4) is 0 Å². The highest BCUT2D eigenvalue weighted by atomic mass is 32.2. The summed E-state index contributed by atoms with van der Waals surface area (Å²) in [5.41, 5.74) is 2.02. The van der Waals surface area contributed by atoms with Gasteiger partial charge in [0.15, 0.2) is 9.84 Å². The zero-order valence-electron chi connectivity index (χ0n) is 13.2. The third kappa shape index (κ3) is 3.73. The summed E-state index contributed by atoms with van der Waals surface area (Å²) in [4.78, 5) is 5.01. The van der Waals surface area contributed by atoms with Crippen LogP contribution in [0, 0.1) is 0 Å². The summed E-state index contributed by atoms with van der Waals surface area (Å²) < 4.78 is 28.6. The van der Waals surface area contributed by atoms with Crippen molar-refractivity contribution < 1.29 is 12.9 Å². The van der Waals surface area contributed by atoms with Gasteiger partial charge in [0.1, 0.15) is 6.26 Å². The van der Waals surface area contributed by atoms with Gasteiger partial charge in [-0.1, -0.05) is 12.1 Å². The molecule has 2 aromatic rings.